The van der Waals surface area contributed by atoms with Gasteiger partial charge in [-0.2, -0.15) is 0 Å². The van der Waals surface area contributed by atoms with E-state index in [-0.39, 0.29) is 0 Å². The number of carbonyl (C=O) groups is 1. The van der Waals surface area contributed by atoms with Gasteiger partial charge in [0.25, 0.3) is 0 Å². The molecule has 0 saturated heterocycles. The predicted molar refractivity (Wildman–Crippen MR) is 197 cm³/mol. The third-order valence-corrected chi connectivity index (χ3v) is 8.99. The van der Waals surface area contributed by atoms with Crippen molar-refractivity contribution in [2.75, 3.05) is 0 Å². The molecule has 0 saturated carbocycles. The van der Waals surface area contributed by atoms with Crippen LogP contribution in [0.4, 0.5) is 0 Å². The molecular formula is C42H74O2. The van der Waals surface area contributed by atoms with Gasteiger partial charge in [-0.25, -0.2) is 0 Å². The standard InChI is InChI=1S/C42H74O2/c1-8-9-10-11-12-13-14-15-16-17-18-19-20-21-22-23-24-25-34-42(41(43)44,35-32-39(6)30-26-28-37(2)3)36-33-40(7)31-27-29-38(4)5/h15-16,28-29,32-33H,8-14,17-27,30-31,34-36H2,1-7H3,(H,43,44)/b16-15-,39-32+,40-33+. The van der Waals surface area contributed by atoms with E-state index in [2.05, 4.69) is 84.9 Å². The summed E-state index contributed by atoms with van der Waals surface area (Å²) in [5.41, 5.74) is 4.62. The van der Waals surface area contributed by atoms with Gasteiger partial charge in [0.15, 0.2) is 0 Å². The number of unbranched alkanes of at least 4 members (excludes halogenated alkanes) is 14. The largest absolute Gasteiger partial charge is 0.481 e. The van der Waals surface area contributed by atoms with Crippen molar-refractivity contribution >= 4 is 5.97 Å². The smallest absolute Gasteiger partial charge is 0.310 e. The molecule has 0 spiro atoms. The van der Waals surface area contributed by atoms with Crippen molar-refractivity contribution in [1.82, 2.24) is 0 Å². The Bertz CT molecular complexity index is 818. The molecule has 0 aromatic carbocycles. The molecule has 0 amide bonds. The van der Waals surface area contributed by atoms with Crippen LogP contribution in [0.5, 0.6) is 0 Å². The number of allylic oxidation sites excluding steroid dienone is 10. The zero-order chi connectivity index (χ0) is 32.9. The van der Waals surface area contributed by atoms with Crippen LogP contribution in [0.15, 0.2) is 58.7 Å². The van der Waals surface area contributed by atoms with E-state index in [1.807, 2.05) is 0 Å². The van der Waals surface area contributed by atoms with E-state index in [1.165, 1.54) is 112 Å². The third kappa shape index (κ3) is 25.5. The minimum atomic E-state index is -0.696. The fourth-order valence-corrected chi connectivity index (χ4v) is 5.75. The molecule has 0 bridgehead atoms. The number of carboxylic acids is 1. The summed E-state index contributed by atoms with van der Waals surface area (Å²) in [6, 6.07) is 0. The number of aliphatic carboxylic acids is 1. The molecule has 1 N–H and O–H groups in total. The Morgan fingerprint density at radius 2 is 0.909 bits per heavy atom. The second-order valence-electron chi connectivity index (χ2n) is 14.1. The SMILES string of the molecule is CCCCCCCC/C=C\CCCCCCCCCCC(C/C=C(\C)CCC=C(C)C)(C/C=C(\C)CCC=C(C)C)C(=O)O. The summed E-state index contributed by atoms with van der Waals surface area (Å²) in [6.45, 7) is 15.2. The lowest BCUT2D eigenvalue weighted by Crippen LogP contribution is -2.30. The molecule has 0 unspecified atom stereocenters. The molecule has 2 nitrogen and oxygen atoms in total. The van der Waals surface area contributed by atoms with Crippen LogP contribution in [-0.2, 0) is 4.79 Å². The molecule has 0 aromatic rings. The highest BCUT2D eigenvalue weighted by Gasteiger charge is 2.36. The van der Waals surface area contributed by atoms with Crippen molar-refractivity contribution in [2.45, 2.75) is 196 Å². The number of rotatable bonds is 29. The Labute approximate surface area is 275 Å². The minimum absolute atomic E-state index is 0.625. The molecule has 254 valence electrons. The van der Waals surface area contributed by atoms with Crippen LogP contribution >= 0.6 is 0 Å². The van der Waals surface area contributed by atoms with Crippen LogP contribution in [0, 0.1) is 5.41 Å². The second-order valence-corrected chi connectivity index (χ2v) is 14.1. The van der Waals surface area contributed by atoms with Crippen molar-refractivity contribution < 1.29 is 9.90 Å². The van der Waals surface area contributed by atoms with Crippen LogP contribution in [0.3, 0.4) is 0 Å². The summed E-state index contributed by atoms with van der Waals surface area (Å²) in [6.07, 6.45) is 40.6. The minimum Gasteiger partial charge on any atom is -0.481 e. The first kappa shape index (κ1) is 42.2. The van der Waals surface area contributed by atoms with Gasteiger partial charge < -0.3 is 5.11 Å². The normalized spacial score (nSPS) is 12.6. The lowest BCUT2D eigenvalue weighted by atomic mass is 9.75. The molecule has 0 fully saturated rings. The summed E-state index contributed by atoms with van der Waals surface area (Å²) in [7, 11) is 0. The van der Waals surface area contributed by atoms with Gasteiger partial charge in [-0.1, -0.05) is 143 Å². The van der Waals surface area contributed by atoms with Gasteiger partial charge in [0.05, 0.1) is 5.41 Å². The van der Waals surface area contributed by atoms with Gasteiger partial charge in [-0.3, -0.25) is 4.79 Å². The maximum absolute atomic E-state index is 12.8. The van der Waals surface area contributed by atoms with E-state index < -0.39 is 11.4 Å². The Morgan fingerprint density at radius 1 is 0.523 bits per heavy atom. The first-order valence-electron chi connectivity index (χ1n) is 18.6. The average molecular weight is 611 g/mol. The lowest BCUT2D eigenvalue weighted by molar-refractivity contribution is -0.149. The van der Waals surface area contributed by atoms with Crippen LogP contribution in [-0.4, -0.2) is 11.1 Å². The van der Waals surface area contributed by atoms with Crippen molar-refractivity contribution in [3.05, 3.63) is 58.7 Å². The monoisotopic (exact) mass is 611 g/mol. The van der Waals surface area contributed by atoms with E-state index in [0.717, 1.165) is 44.9 Å². The molecule has 0 radical (unpaired) electrons. The summed E-state index contributed by atoms with van der Waals surface area (Å²) < 4.78 is 0. The van der Waals surface area contributed by atoms with Crippen molar-refractivity contribution in [3.8, 4) is 0 Å². The van der Waals surface area contributed by atoms with Gasteiger partial charge in [-0.05, 0) is 112 Å². The van der Waals surface area contributed by atoms with Gasteiger partial charge in [-0.15, -0.1) is 0 Å². The third-order valence-electron chi connectivity index (χ3n) is 8.99. The first-order chi connectivity index (χ1) is 21.1. The fourth-order valence-electron chi connectivity index (χ4n) is 5.75. The Morgan fingerprint density at radius 3 is 1.30 bits per heavy atom. The van der Waals surface area contributed by atoms with Gasteiger partial charge in [0.1, 0.15) is 0 Å². The van der Waals surface area contributed by atoms with Crippen molar-refractivity contribution in [1.29, 1.82) is 0 Å². The molecule has 44 heavy (non-hydrogen) atoms. The summed E-state index contributed by atoms with van der Waals surface area (Å²) >= 11 is 0. The van der Waals surface area contributed by atoms with Crippen LogP contribution in [0.25, 0.3) is 0 Å². The molecule has 0 aliphatic rings. The molecular weight excluding hydrogens is 536 g/mol. The highest BCUT2D eigenvalue weighted by molar-refractivity contribution is 5.75. The van der Waals surface area contributed by atoms with E-state index >= 15 is 0 Å². The van der Waals surface area contributed by atoms with E-state index in [4.69, 9.17) is 0 Å². The zero-order valence-corrected chi connectivity index (χ0v) is 30.6. The van der Waals surface area contributed by atoms with Crippen molar-refractivity contribution in [3.63, 3.8) is 0 Å². The Balaban J connectivity index is 4.61. The highest BCUT2D eigenvalue weighted by atomic mass is 16.4. The van der Waals surface area contributed by atoms with E-state index in [9.17, 15) is 9.90 Å². The Hall–Kier alpha value is -1.83. The molecule has 0 heterocycles. The highest BCUT2D eigenvalue weighted by Crippen LogP contribution is 2.36. The summed E-state index contributed by atoms with van der Waals surface area (Å²) in [5.74, 6) is -0.625. The van der Waals surface area contributed by atoms with Crippen LogP contribution in [0.2, 0.25) is 0 Å². The fraction of sp³-hybridized carbons (Fsp3) is 0.738. The molecule has 0 aliphatic heterocycles. The number of carboxylic acid groups (broad SMARTS) is 1. The van der Waals surface area contributed by atoms with Gasteiger partial charge in [0.2, 0.25) is 0 Å². The summed E-state index contributed by atoms with van der Waals surface area (Å²) in [4.78, 5) is 12.8. The first-order valence-corrected chi connectivity index (χ1v) is 18.6. The lowest BCUT2D eigenvalue weighted by Gasteiger charge is -2.28. The van der Waals surface area contributed by atoms with Gasteiger partial charge >= 0.3 is 5.97 Å². The van der Waals surface area contributed by atoms with Crippen LogP contribution in [0.1, 0.15) is 196 Å². The number of hydrogen-bond acceptors (Lipinski definition) is 1. The Kier molecular flexibility index (Phi) is 27.4. The maximum atomic E-state index is 12.8. The van der Waals surface area contributed by atoms with Gasteiger partial charge in [0, 0.05) is 0 Å². The number of hydrogen-bond donors (Lipinski definition) is 1. The zero-order valence-electron chi connectivity index (χ0n) is 30.6. The summed E-state index contributed by atoms with van der Waals surface area (Å²) in [5, 5.41) is 10.5. The topological polar surface area (TPSA) is 37.3 Å². The van der Waals surface area contributed by atoms with E-state index in [0.29, 0.717) is 12.8 Å². The van der Waals surface area contributed by atoms with Crippen molar-refractivity contribution in [2.24, 2.45) is 5.41 Å². The molecule has 0 aromatic heterocycles. The molecule has 2 heteroatoms. The quantitative estimate of drug-likeness (QED) is 0.0675. The molecule has 0 rings (SSSR count). The maximum Gasteiger partial charge on any atom is 0.310 e. The van der Waals surface area contributed by atoms with E-state index in [1.54, 1.807) is 0 Å². The molecule has 0 aliphatic carbocycles. The van der Waals surface area contributed by atoms with Crippen LogP contribution < -0.4 is 0 Å². The predicted octanol–water partition coefficient (Wildman–Crippen LogP) is 14.4. The average Bonchev–Trinajstić information content (AvgIpc) is 2.97. The molecule has 0 atom stereocenters. The second kappa shape index (κ2) is 28.6.